The van der Waals surface area contributed by atoms with E-state index in [0.29, 0.717) is 0 Å². The van der Waals surface area contributed by atoms with Gasteiger partial charge in [-0.05, 0) is 19.8 Å². The zero-order valence-corrected chi connectivity index (χ0v) is 7.28. The molecule has 3 fully saturated rings. The van der Waals surface area contributed by atoms with E-state index in [1.165, 1.54) is 0 Å². The monoisotopic (exact) mass is 182 g/mol. The first kappa shape index (κ1) is 7.50. The molecule has 3 aliphatic heterocycles. The van der Waals surface area contributed by atoms with Gasteiger partial charge in [-0.1, -0.05) is 0 Å². The summed E-state index contributed by atoms with van der Waals surface area (Å²) in [6, 6.07) is 0. The Morgan fingerprint density at radius 3 is 2.85 bits per heavy atom. The summed E-state index contributed by atoms with van der Waals surface area (Å²) >= 11 is 0. The molecule has 3 rings (SSSR count). The molecule has 0 aromatic rings. The molecule has 4 atom stereocenters. The Balaban J connectivity index is 2.08. The number of cyclic esters (lactones) is 2. The summed E-state index contributed by atoms with van der Waals surface area (Å²) in [6.45, 7) is 1.90. The van der Waals surface area contributed by atoms with Crippen LogP contribution in [0.3, 0.4) is 0 Å². The molecule has 0 aromatic carbocycles. The van der Waals surface area contributed by atoms with Gasteiger partial charge in [0.05, 0.1) is 17.6 Å². The molecule has 0 aromatic heterocycles. The average molecular weight is 182 g/mol. The molecule has 0 spiro atoms. The SMILES string of the molecule is C[C@]12CC[C@@H](O1)[C@H]1C(=O)OC(=O)[C@@H]12. The summed E-state index contributed by atoms with van der Waals surface area (Å²) < 4.78 is 10.3. The first-order chi connectivity index (χ1) is 6.12. The fourth-order valence-corrected chi connectivity index (χ4v) is 2.88. The quantitative estimate of drug-likeness (QED) is 0.398. The van der Waals surface area contributed by atoms with Gasteiger partial charge in [0.1, 0.15) is 5.92 Å². The lowest BCUT2D eigenvalue weighted by molar-refractivity contribution is -0.158. The van der Waals surface area contributed by atoms with E-state index < -0.39 is 5.60 Å². The molecule has 0 N–H and O–H groups in total. The van der Waals surface area contributed by atoms with Gasteiger partial charge in [0.15, 0.2) is 0 Å². The second kappa shape index (κ2) is 1.95. The highest BCUT2D eigenvalue weighted by molar-refractivity contribution is 5.98. The number of hydrogen-bond donors (Lipinski definition) is 0. The van der Waals surface area contributed by atoms with Gasteiger partial charge in [0, 0.05) is 0 Å². The first-order valence-corrected chi connectivity index (χ1v) is 4.55. The lowest BCUT2D eigenvalue weighted by atomic mass is 9.74. The molecular formula is C9H10O4. The van der Waals surface area contributed by atoms with Gasteiger partial charge in [-0.25, -0.2) is 0 Å². The molecule has 0 saturated carbocycles. The number of esters is 2. The molecule has 3 heterocycles. The Morgan fingerprint density at radius 1 is 1.38 bits per heavy atom. The molecule has 13 heavy (non-hydrogen) atoms. The normalized spacial score (nSPS) is 52.5. The molecule has 0 amide bonds. The molecule has 3 saturated heterocycles. The van der Waals surface area contributed by atoms with Crippen molar-refractivity contribution in [2.45, 2.75) is 31.5 Å². The summed E-state index contributed by atoms with van der Waals surface area (Å²) in [5.74, 6) is -1.42. The average Bonchev–Trinajstić information content (AvgIpc) is 2.62. The van der Waals surface area contributed by atoms with E-state index in [1.807, 2.05) is 6.92 Å². The summed E-state index contributed by atoms with van der Waals surface area (Å²) in [4.78, 5) is 22.6. The summed E-state index contributed by atoms with van der Waals surface area (Å²) in [7, 11) is 0. The number of ether oxygens (including phenoxy) is 2. The molecule has 0 aliphatic carbocycles. The lowest BCUT2D eigenvalue weighted by Gasteiger charge is -2.24. The largest absolute Gasteiger partial charge is 0.393 e. The van der Waals surface area contributed by atoms with Crippen LogP contribution in [0.25, 0.3) is 0 Å². The van der Waals surface area contributed by atoms with Crippen molar-refractivity contribution in [3.05, 3.63) is 0 Å². The third kappa shape index (κ3) is 0.705. The maximum atomic E-state index is 11.3. The molecule has 4 heteroatoms. The first-order valence-electron chi connectivity index (χ1n) is 4.55. The Labute approximate surface area is 75.2 Å². The predicted octanol–water partition coefficient (Wildman–Crippen LogP) is 0.254. The standard InChI is InChI=1S/C9H10O4/c1-9-3-2-4(13-9)5-6(9)8(11)12-7(5)10/h4-6H,2-3H2,1H3/t4-,5-,6-,9-/m1/s1. The van der Waals surface area contributed by atoms with E-state index >= 15 is 0 Å². The Bertz CT molecular complexity index is 311. The van der Waals surface area contributed by atoms with Crippen LogP contribution in [-0.4, -0.2) is 23.6 Å². The van der Waals surface area contributed by atoms with Gasteiger partial charge < -0.3 is 9.47 Å². The smallest absolute Gasteiger partial charge is 0.320 e. The minimum absolute atomic E-state index is 0.0750. The van der Waals surface area contributed by atoms with E-state index in [9.17, 15) is 9.59 Å². The number of hydrogen-bond acceptors (Lipinski definition) is 4. The fourth-order valence-electron chi connectivity index (χ4n) is 2.88. The Hall–Kier alpha value is -0.900. The topological polar surface area (TPSA) is 52.6 Å². The van der Waals surface area contributed by atoms with Crippen LogP contribution in [0.1, 0.15) is 19.8 Å². The third-order valence-electron chi connectivity index (χ3n) is 3.49. The van der Waals surface area contributed by atoms with Crippen LogP contribution in [0, 0.1) is 11.8 Å². The number of rotatable bonds is 0. The molecule has 4 nitrogen and oxygen atoms in total. The second-order valence-corrected chi connectivity index (χ2v) is 4.25. The summed E-state index contributed by atoms with van der Waals surface area (Å²) in [5, 5.41) is 0. The van der Waals surface area contributed by atoms with E-state index in [1.54, 1.807) is 0 Å². The van der Waals surface area contributed by atoms with Crippen LogP contribution >= 0.6 is 0 Å². The van der Waals surface area contributed by atoms with E-state index in [2.05, 4.69) is 4.74 Å². The maximum absolute atomic E-state index is 11.3. The maximum Gasteiger partial charge on any atom is 0.320 e. The van der Waals surface area contributed by atoms with Crippen molar-refractivity contribution in [1.29, 1.82) is 0 Å². The van der Waals surface area contributed by atoms with Crippen LogP contribution in [-0.2, 0) is 19.1 Å². The van der Waals surface area contributed by atoms with Gasteiger partial charge in [0.2, 0.25) is 0 Å². The van der Waals surface area contributed by atoms with Crippen LogP contribution < -0.4 is 0 Å². The highest BCUT2D eigenvalue weighted by Gasteiger charge is 2.66. The summed E-state index contributed by atoms with van der Waals surface area (Å²) in [6.07, 6.45) is 1.66. The molecule has 2 bridgehead atoms. The van der Waals surface area contributed by atoms with Crippen molar-refractivity contribution in [3.8, 4) is 0 Å². The fraction of sp³-hybridized carbons (Fsp3) is 0.778. The van der Waals surface area contributed by atoms with Crippen molar-refractivity contribution >= 4 is 11.9 Å². The van der Waals surface area contributed by atoms with Crippen molar-refractivity contribution < 1.29 is 19.1 Å². The predicted molar refractivity (Wildman–Crippen MR) is 40.6 cm³/mol. The van der Waals surface area contributed by atoms with Gasteiger partial charge in [0.25, 0.3) is 0 Å². The number of fused-ring (bicyclic) bond motifs is 5. The van der Waals surface area contributed by atoms with Gasteiger partial charge in [-0.3, -0.25) is 9.59 Å². The molecule has 0 radical (unpaired) electrons. The van der Waals surface area contributed by atoms with Gasteiger partial charge >= 0.3 is 11.9 Å². The molecule has 3 aliphatic rings. The van der Waals surface area contributed by atoms with Crippen LogP contribution in [0.2, 0.25) is 0 Å². The number of carbonyl (C=O) groups excluding carboxylic acids is 2. The zero-order chi connectivity index (χ0) is 9.22. The van der Waals surface area contributed by atoms with Crippen LogP contribution in [0.5, 0.6) is 0 Å². The van der Waals surface area contributed by atoms with Gasteiger partial charge in [-0.15, -0.1) is 0 Å². The Morgan fingerprint density at radius 2 is 2.15 bits per heavy atom. The highest BCUT2D eigenvalue weighted by Crippen LogP contribution is 2.54. The minimum atomic E-state index is -0.432. The third-order valence-corrected chi connectivity index (χ3v) is 3.49. The van der Waals surface area contributed by atoms with Crippen molar-refractivity contribution in [3.63, 3.8) is 0 Å². The van der Waals surface area contributed by atoms with E-state index in [-0.39, 0.29) is 29.9 Å². The Kier molecular flexibility index (Phi) is 1.12. The van der Waals surface area contributed by atoms with E-state index in [4.69, 9.17) is 4.74 Å². The second-order valence-electron chi connectivity index (χ2n) is 4.25. The molecule has 0 unspecified atom stereocenters. The highest BCUT2D eigenvalue weighted by atomic mass is 16.6. The zero-order valence-electron chi connectivity index (χ0n) is 7.28. The van der Waals surface area contributed by atoms with E-state index in [0.717, 1.165) is 12.8 Å². The number of carbonyl (C=O) groups is 2. The van der Waals surface area contributed by atoms with Gasteiger partial charge in [-0.2, -0.15) is 0 Å². The van der Waals surface area contributed by atoms with Crippen LogP contribution in [0.15, 0.2) is 0 Å². The van der Waals surface area contributed by atoms with Crippen molar-refractivity contribution in [2.75, 3.05) is 0 Å². The van der Waals surface area contributed by atoms with Crippen LogP contribution in [0.4, 0.5) is 0 Å². The van der Waals surface area contributed by atoms with Crippen molar-refractivity contribution in [2.24, 2.45) is 11.8 Å². The molecule has 70 valence electrons. The lowest BCUT2D eigenvalue weighted by Crippen LogP contribution is -2.37. The summed E-state index contributed by atoms with van der Waals surface area (Å²) in [5.41, 5.74) is -0.432. The van der Waals surface area contributed by atoms with Crippen molar-refractivity contribution in [1.82, 2.24) is 0 Å². The molecular weight excluding hydrogens is 172 g/mol. The minimum Gasteiger partial charge on any atom is -0.393 e.